The summed E-state index contributed by atoms with van der Waals surface area (Å²) in [4.78, 5) is 23.6. The molecule has 2 aromatic carbocycles. The number of phenolic OH excluding ortho intramolecular Hbond substituents is 1. The molecule has 2 rings (SSSR count). The molecule has 0 aromatic heterocycles. The van der Waals surface area contributed by atoms with Crippen LogP contribution in [0.1, 0.15) is 29.5 Å². The Kier molecular flexibility index (Phi) is 6.28. The van der Waals surface area contributed by atoms with Crippen LogP contribution in [0.4, 0.5) is 5.69 Å². The average molecular weight is 339 g/mol. The van der Waals surface area contributed by atoms with Crippen molar-refractivity contribution in [1.82, 2.24) is 5.43 Å². The predicted molar refractivity (Wildman–Crippen MR) is 97.6 cm³/mol. The molecule has 6 heteroatoms. The molecule has 0 bridgehead atoms. The number of phenols is 1. The van der Waals surface area contributed by atoms with E-state index in [1.165, 1.54) is 12.3 Å². The number of aromatic hydroxyl groups is 1. The van der Waals surface area contributed by atoms with Gasteiger partial charge in [0.25, 0.3) is 0 Å². The van der Waals surface area contributed by atoms with Crippen molar-refractivity contribution in [1.29, 1.82) is 0 Å². The van der Waals surface area contributed by atoms with Crippen molar-refractivity contribution in [3.05, 3.63) is 59.2 Å². The van der Waals surface area contributed by atoms with Gasteiger partial charge in [-0.15, -0.1) is 0 Å². The van der Waals surface area contributed by atoms with E-state index in [1.807, 2.05) is 32.0 Å². The Morgan fingerprint density at radius 1 is 1.04 bits per heavy atom. The van der Waals surface area contributed by atoms with Crippen LogP contribution in [0.2, 0.25) is 0 Å². The third-order valence-electron chi connectivity index (χ3n) is 3.70. The van der Waals surface area contributed by atoms with Gasteiger partial charge in [-0.25, -0.2) is 5.43 Å². The summed E-state index contributed by atoms with van der Waals surface area (Å²) < 4.78 is 0. The minimum Gasteiger partial charge on any atom is -0.507 e. The number of benzene rings is 2. The molecule has 0 saturated carbocycles. The highest BCUT2D eigenvalue weighted by molar-refractivity contribution is 5.93. The van der Waals surface area contributed by atoms with Crippen molar-refractivity contribution >= 4 is 23.7 Å². The first-order valence-corrected chi connectivity index (χ1v) is 7.92. The second kappa shape index (κ2) is 8.63. The number of hydrazone groups is 1. The highest BCUT2D eigenvalue weighted by Crippen LogP contribution is 2.14. The van der Waals surface area contributed by atoms with E-state index in [4.69, 9.17) is 0 Å². The lowest BCUT2D eigenvalue weighted by Crippen LogP contribution is -2.20. The topological polar surface area (TPSA) is 90.8 Å². The van der Waals surface area contributed by atoms with Crippen molar-refractivity contribution in [2.75, 3.05) is 5.32 Å². The lowest BCUT2D eigenvalue weighted by Gasteiger charge is -2.07. The third kappa shape index (κ3) is 5.76. The molecule has 0 spiro atoms. The maximum Gasteiger partial charge on any atom is 0.240 e. The molecule has 2 aromatic rings. The SMILES string of the molecule is Cc1ccc(NC(=O)CCC(=O)N/N=C/c2ccccc2O)cc1C. The number of aryl methyl sites for hydroxylation is 2. The van der Waals surface area contributed by atoms with Crippen molar-refractivity contribution in [2.45, 2.75) is 26.7 Å². The van der Waals surface area contributed by atoms with Gasteiger partial charge in [-0.2, -0.15) is 5.10 Å². The third-order valence-corrected chi connectivity index (χ3v) is 3.70. The molecule has 0 unspecified atom stereocenters. The smallest absolute Gasteiger partial charge is 0.240 e. The van der Waals surface area contributed by atoms with Gasteiger partial charge < -0.3 is 10.4 Å². The summed E-state index contributed by atoms with van der Waals surface area (Å²) in [6, 6.07) is 12.3. The average Bonchev–Trinajstić information content (AvgIpc) is 2.58. The van der Waals surface area contributed by atoms with E-state index >= 15 is 0 Å². The standard InChI is InChI=1S/C19H21N3O3/c1-13-7-8-16(11-14(13)2)21-18(24)9-10-19(25)22-20-12-15-5-3-4-6-17(15)23/h3-8,11-12,23H,9-10H2,1-2H3,(H,21,24)(H,22,25)/b20-12+. The lowest BCUT2D eigenvalue weighted by molar-refractivity contribution is -0.124. The summed E-state index contributed by atoms with van der Waals surface area (Å²) in [5.41, 5.74) is 5.79. The second-order valence-electron chi connectivity index (χ2n) is 5.70. The van der Waals surface area contributed by atoms with Gasteiger partial charge >= 0.3 is 0 Å². The molecule has 0 fully saturated rings. The van der Waals surface area contributed by atoms with Gasteiger partial charge in [-0.1, -0.05) is 18.2 Å². The maximum absolute atomic E-state index is 11.9. The highest BCUT2D eigenvalue weighted by atomic mass is 16.3. The number of amides is 2. The molecule has 0 aliphatic carbocycles. The summed E-state index contributed by atoms with van der Waals surface area (Å²) in [6.07, 6.45) is 1.43. The van der Waals surface area contributed by atoms with Crippen molar-refractivity contribution in [3.63, 3.8) is 0 Å². The zero-order chi connectivity index (χ0) is 18.2. The van der Waals surface area contributed by atoms with E-state index in [1.54, 1.807) is 18.2 Å². The van der Waals surface area contributed by atoms with Gasteiger partial charge in [0.15, 0.2) is 0 Å². The molecule has 0 heterocycles. The Labute approximate surface area is 146 Å². The molecule has 25 heavy (non-hydrogen) atoms. The molecular formula is C19H21N3O3. The van der Waals surface area contributed by atoms with Crippen LogP contribution in [0.5, 0.6) is 5.75 Å². The lowest BCUT2D eigenvalue weighted by atomic mass is 10.1. The number of hydrogen-bond donors (Lipinski definition) is 3. The van der Waals surface area contributed by atoms with Gasteiger partial charge in [-0.3, -0.25) is 9.59 Å². The number of anilines is 1. The van der Waals surface area contributed by atoms with Gasteiger partial charge in [0, 0.05) is 24.1 Å². The summed E-state index contributed by atoms with van der Waals surface area (Å²) in [5.74, 6) is -0.529. The van der Waals surface area contributed by atoms with Crippen LogP contribution in [0, 0.1) is 13.8 Å². The van der Waals surface area contributed by atoms with Crippen molar-refractivity contribution < 1.29 is 14.7 Å². The fourth-order valence-corrected chi connectivity index (χ4v) is 2.10. The van der Waals surface area contributed by atoms with E-state index < -0.39 is 0 Å². The summed E-state index contributed by atoms with van der Waals surface area (Å²) in [5, 5.41) is 16.1. The zero-order valence-corrected chi connectivity index (χ0v) is 14.2. The van der Waals surface area contributed by atoms with Crippen LogP contribution in [0.15, 0.2) is 47.6 Å². The summed E-state index contributed by atoms with van der Waals surface area (Å²) >= 11 is 0. The Morgan fingerprint density at radius 3 is 2.48 bits per heavy atom. The van der Waals surface area contributed by atoms with Crippen molar-refractivity contribution in [3.8, 4) is 5.75 Å². The molecular weight excluding hydrogens is 318 g/mol. The fraction of sp³-hybridized carbons (Fsp3) is 0.211. The first-order valence-electron chi connectivity index (χ1n) is 7.92. The quantitative estimate of drug-likeness (QED) is 0.558. The number of carbonyl (C=O) groups excluding carboxylic acids is 2. The molecule has 0 radical (unpaired) electrons. The van der Waals surface area contributed by atoms with E-state index in [0.29, 0.717) is 11.3 Å². The van der Waals surface area contributed by atoms with E-state index in [9.17, 15) is 14.7 Å². The molecule has 0 aliphatic rings. The van der Waals surface area contributed by atoms with E-state index in [2.05, 4.69) is 15.8 Å². The van der Waals surface area contributed by atoms with Gasteiger partial charge in [-0.05, 0) is 49.2 Å². The van der Waals surface area contributed by atoms with Gasteiger partial charge in [0.1, 0.15) is 5.75 Å². The molecule has 3 N–H and O–H groups in total. The van der Waals surface area contributed by atoms with Crippen LogP contribution in [-0.4, -0.2) is 23.1 Å². The minimum atomic E-state index is -0.373. The monoisotopic (exact) mass is 339 g/mol. The number of nitrogens with one attached hydrogen (secondary N) is 2. The first kappa shape index (κ1) is 18.2. The number of rotatable bonds is 6. The summed E-state index contributed by atoms with van der Waals surface area (Å²) in [7, 11) is 0. The largest absolute Gasteiger partial charge is 0.507 e. The van der Waals surface area contributed by atoms with E-state index in [-0.39, 0.29) is 30.4 Å². The molecule has 6 nitrogen and oxygen atoms in total. The van der Waals surface area contributed by atoms with Crippen molar-refractivity contribution in [2.24, 2.45) is 5.10 Å². The minimum absolute atomic E-state index is 0.0226. The van der Waals surface area contributed by atoms with Gasteiger partial charge in [0.2, 0.25) is 11.8 Å². The number of nitrogens with zero attached hydrogens (tertiary/aromatic N) is 1. The van der Waals surface area contributed by atoms with Crippen LogP contribution in [0.25, 0.3) is 0 Å². The first-order chi connectivity index (χ1) is 12.0. The Bertz CT molecular complexity index is 800. The molecule has 2 amide bonds. The molecule has 130 valence electrons. The zero-order valence-electron chi connectivity index (χ0n) is 14.2. The molecule has 0 aliphatic heterocycles. The second-order valence-corrected chi connectivity index (χ2v) is 5.70. The molecule has 0 saturated heterocycles. The Hall–Kier alpha value is -3.15. The maximum atomic E-state index is 11.9. The number of carbonyl (C=O) groups is 2. The predicted octanol–water partition coefficient (Wildman–Crippen LogP) is 2.88. The fourth-order valence-electron chi connectivity index (χ4n) is 2.10. The summed E-state index contributed by atoms with van der Waals surface area (Å²) in [6.45, 7) is 3.97. The number of hydrogen-bond acceptors (Lipinski definition) is 4. The van der Waals surface area contributed by atoms with Crippen LogP contribution >= 0.6 is 0 Å². The van der Waals surface area contributed by atoms with Gasteiger partial charge in [0.05, 0.1) is 6.21 Å². The number of para-hydroxylation sites is 1. The Morgan fingerprint density at radius 2 is 1.76 bits per heavy atom. The Balaban J connectivity index is 1.76. The highest BCUT2D eigenvalue weighted by Gasteiger charge is 2.07. The van der Waals surface area contributed by atoms with Crippen LogP contribution in [-0.2, 0) is 9.59 Å². The molecule has 0 atom stereocenters. The van der Waals surface area contributed by atoms with Crippen LogP contribution < -0.4 is 10.7 Å². The van der Waals surface area contributed by atoms with Crippen LogP contribution in [0.3, 0.4) is 0 Å². The van der Waals surface area contributed by atoms with E-state index in [0.717, 1.165) is 11.1 Å². The normalized spacial score (nSPS) is 10.6.